The maximum Gasteiger partial charge on any atom is 0.435 e. The Labute approximate surface area is 80.1 Å². The van der Waals surface area contributed by atoms with Crippen molar-refractivity contribution in [2.75, 3.05) is 14.1 Å². The molecular formula is C8H11F3N3. The van der Waals surface area contributed by atoms with Gasteiger partial charge in [0.25, 0.3) is 0 Å². The zero-order valence-electron chi connectivity index (χ0n) is 8.13. The van der Waals surface area contributed by atoms with Gasteiger partial charge in [0.15, 0.2) is 5.69 Å². The van der Waals surface area contributed by atoms with E-state index >= 15 is 0 Å². The molecule has 3 nitrogen and oxygen atoms in total. The third kappa shape index (κ3) is 2.25. The van der Waals surface area contributed by atoms with Gasteiger partial charge in [0.1, 0.15) is 6.17 Å². The molecule has 0 saturated carbocycles. The molecule has 1 aromatic heterocycles. The van der Waals surface area contributed by atoms with Gasteiger partial charge in [0, 0.05) is 12.3 Å². The second kappa shape index (κ2) is 3.61. The van der Waals surface area contributed by atoms with Crippen molar-refractivity contribution in [3.05, 3.63) is 18.0 Å². The monoisotopic (exact) mass is 206 g/mol. The molecule has 0 saturated heterocycles. The number of rotatable bonds is 2. The summed E-state index contributed by atoms with van der Waals surface area (Å²) < 4.78 is 37.7. The molecule has 0 aromatic carbocycles. The summed E-state index contributed by atoms with van der Waals surface area (Å²) in [5.41, 5.74) is -0.980. The van der Waals surface area contributed by atoms with E-state index in [9.17, 15) is 13.2 Å². The highest BCUT2D eigenvalue weighted by molar-refractivity contribution is 5.01. The van der Waals surface area contributed by atoms with Crippen LogP contribution in [-0.2, 0) is 6.18 Å². The second-order valence-electron chi connectivity index (χ2n) is 3.20. The molecule has 0 spiro atoms. The van der Waals surface area contributed by atoms with E-state index in [1.165, 1.54) is 10.9 Å². The second-order valence-corrected chi connectivity index (χ2v) is 3.20. The first-order chi connectivity index (χ1) is 6.32. The van der Waals surface area contributed by atoms with Gasteiger partial charge in [0.05, 0.1) is 0 Å². The van der Waals surface area contributed by atoms with Gasteiger partial charge in [-0.15, -0.1) is 0 Å². The van der Waals surface area contributed by atoms with Crippen LogP contribution < -0.4 is 0 Å². The molecule has 0 aliphatic carbocycles. The molecule has 0 bridgehead atoms. The van der Waals surface area contributed by atoms with E-state index in [1.807, 2.05) is 0 Å². The van der Waals surface area contributed by atoms with Crippen molar-refractivity contribution in [3.63, 3.8) is 0 Å². The normalized spacial score (nSPS) is 14.8. The fourth-order valence-corrected chi connectivity index (χ4v) is 0.867. The third-order valence-corrected chi connectivity index (χ3v) is 1.95. The lowest BCUT2D eigenvalue weighted by molar-refractivity contribution is -0.141. The van der Waals surface area contributed by atoms with Crippen LogP contribution in [-0.4, -0.2) is 28.8 Å². The molecule has 1 atom stereocenters. The van der Waals surface area contributed by atoms with E-state index in [1.54, 1.807) is 25.9 Å². The number of nitrogens with zero attached hydrogens (tertiary/aromatic N) is 3. The molecule has 1 rings (SSSR count). The Morgan fingerprint density at radius 1 is 1.50 bits per heavy atom. The largest absolute Gasteiger partial charge is 0.435 e. The molecule has 79 valence electrons. The molecule has 1 aromatic rings. The van der Waals surface area contributed by atoms with E-state index in [-0.39, 0.29) is 6.17 Å². The van der Waals surface area contributed by atoms with Crippen molar-refractivity contribution >= 4 is 0 Å². The Hall–Kier alpha value is -1.04. The predicted molar refractivity (Wildman–Crippen MR) is 44.5 cm³/mol. The van der Waals surface area contributed by atoms with E-state index in [0.717, 1.165) is 0 Å². The van der Waals surface area contributed by atoms with E-state index in [4.69, 9.17) is 0 Å². The summed E-state index contributed by atoms with van der Waals surface area (Å²) >= 11 is 0. The molecule has 0 amide bonds. The summed E-state index contributed by atoms with van der Waals surface area (Å²) in [6.07, 6.45) is -3.44. The van der Waals surface area contributed by atoms with Crippen LogP contribution in [0.15, 0.2) is 6.20 Å². The van der Waals surface area contributed by atoms with Crippen molar-refractivity contribution in [1.82, 2.24) is 14.7 Å². The van der Waals surface area contributed by atoms with Crippen molar-refractivity contribution < 1.29 is 13.2 Å². The standard InChI is InChI=1S/C8H11F3N3/c1-6(13(2)3)14-5-4-7(12-14)8(9,10)11/h5-6H,1-3H3. The highest BCUT2D eigenvalue weighted by Gasteiger charge is 2.34. The molecular weight excluding hydrogens is 195 g/mol. The lowest BCUT2D eigenvalue weighted by Crippen LogP contribution is -2.23. The Kier molecular flexibility index (Phi) is 2.84. The van der Waals surface area contributed by atoms with Gasteiger partial charge >= 0.3 is 6.18 Å². The van der Waals surface area contributed by atoms with Crippen LogP contribution in [0.2, 0.25) is 0 Å². The Balaban J connectivity index is 2.89. The van der Waals surface area contributed by atoms with Crippen LogP contribution in [0.5, 0.6) is 0 Å². The zero-order valence-corrected chi connectivity index (χ0v) is 8.13. The minimum atomic E-state index is -4.42. The summed E-state index contributed by atoms with van der Waals surface area (Å²) in [5, 5.41) is 3.40. The van der Waals surface area contributed by atoms with Gasteiger partial charge in [-0.2, -0.15) is 18.3 Å². The summed E-state index contributed by atoms with van der Waals surface area (Å²) in [4.78, 5) is 1.75. The molecule has 1 radical (unpaired) electrons. The maximum atomic E-state index is 12.1. The number of halogens is 3. The first kappa shape index (κ1) is 11.0. The maximum absolute atomic E-state index is 12.1. The molecule has 1 heterocycles. The van der Waals surface area contributed by atoms with Crippen LogP contribution in [0.4, 0.5) is 13.2 Å². The third-order valence-electron chi connectivity index (χ3n) is 1.95. The topological polar surface area (TPSA) is 21.1 Å². The molecule has 6 heteroatoms. The average molecular weight is 206 g/mol. The van der Waals surface area contributed by atoms with Crippen LogP contribution in [0.1, 0.15) is 18.8 Å². The first-order valence-corrected chi connectivity index (χ1v) is 4.03. The van der Waals surface area contributed by atoms with Gasteiger partial charge in [0.2, 0.25) is 0 Å². The van der Waals surface area contributed by atoms with Crippen LogP contribution in [0, 0.1) is 6.07 Å². The summed E-state index contributed by atoms with van der Waals surface area (Å²) in [5.74, 6) is 0. The fraction of sp³-hybridized carbons (Fsp3) is 0.625. The molecule has 14 heavy (non-hydrogen) atoms. The zero-order chi connectivity index (χ0) is 10.9. The Morgan fingerprint density at radius 2 is 2.07 bits per heavy atom. The molecule has 0 aliphatic heterocycles. The Bertz CT molecular complexity index is 303. The molecule has 0 N–H and O–H groups in total. The SMILES string of the molecule is CC(N(C)C)n1c[c]c(C(F)(F)F)n1. The van der Waals surface area contributed by atoms with E-state index in [2.05, 4.69) is 11.2 Å². The van der Waals surface area contributed by atoms with E-state index < -0.39 is 11.9 Å². The van der Waals surface area contributed by atoms with Crippen molar-refractivity contribution in [1.29, 1.82) is 0 Å². The lowest BCUT2D eigenvalue weighted by atomic mass is 10.4. The Morgan fingerprint density at radius 3 is 2.43 bits per heavy atom. The summed E-state index contributed by atoms with van der Waals surface area (Å²) in [7, 11) is 3.53. The van der Waals surface area contributed by atoms with Gasteiger partial charge < -0.3 is 0 Å². The average Bonchev–Trinajstić information content (AvgIpc) is 2.49. The first-order valence-electron chi connectivity index (χ1n) is 4.03. The minimum Gasteiger partial charge on any atom is -0.288 e. The fourth-order valence-electron chi connectivity index (χ4n) is 0.867. The van der Waals surface area contributed by atoms with Crippen molar-refractivity contribution in [2.45, 2.75) is 19.3 Å². The predicted octanol–water partition coefficient (Wildman–Crippen LogP) is 1.78. The minimum absolute atomic E-state index is 0.220. The van der Waals surface area contributed by atoms with Gasteiger partial charge in [-0.25, -0.2) is 0 Å². The molecule has 0 aliphatic rings. The number of aromatic nitrogens is 2. The number of hydrogen-bond donors (Lipinski definition) is 0. The lowest BCUT2D eigenvalue weighted by Gasteiger charge is -2.19. The smallest absolute Gasteiger partial charge is 0.288 e. The summed E-state index contributed by atoms with van der Waals surface area (Å²) in [6, 6.07) is 2.08. The van der Waals surface area contributed by atoms with Crippen LogP contribution in [0.3, 0.4) is 0 Å². The quantitative estimate of drug-likeness (QED) is 0.735. The molecule has 0 fully saturated rings. The highest BCUT2D eigenvalue weighted by atomic mass is 19.4. The van der Waals surface area contributed by atoms with E-state index in [0.29, 0.717) is 0 Å². The molecule has 1 unspecified atom stereocenters. The van der Waals surface area contributed by atoms with Crippen molar-refractivity contribution in [2.24, 2.45) is 0 Å². The van der Waals surface area contributed by atoms with Crippen LogP contribution in [0.25, 0.3) is 0 Å². The van der Waals surface area contributed by atoms with Gasteiger partial charge in [-0.3, -0.25) is 9.58 Å². The summed E-state index contributed by atoms with van der Waals surface area (Å²) in [6.45, 7) is 1.75. The highest BCUT2D eigenvalue weighted by Crippen LogP contribution is 2.27. The van der Waals surface area contributed by atoms with Crippen molar-refractivity contribution in [3.8, 4) is 0 Å². The van der Waals surface area contributed by atoms with Crippen LogP contribution >= 0.6 is 0 Å². The number of hydrogen-bond acceptors (Lipinski definition) is 2. The van der Waals surface area contributed by atoms with Gasteiger partial charge in [-0.05, 0) is 21.0 Å². The number of alkyl halides is 3. The van der Waals surface area contributed by atoms with Gasteiger partial charge in [-0.1, -0.05) is 0 Å².